The fraction of sp³-hybridized carbons (Fsp3) is 0.611. The number of benzene rings is 1. The van der Waals surface area contributed by atoms with Crippen molar-refractivity contribution in [2.24, 2.45) is 5.41 Å². The number of amides is 1. The monoisotopic (exact) mass is 288 g/mol. The zero-order valence-corrected chi connectivity index (χ0v) is 13.5. The van der Waals surface area contributed by atoms with Crippen LogP contribution in [-0.4, -0.2) is 19.0 Å². The van der Waals surface area contributed by atoms with E-state index in [9.17, 15) is 4.79 Å². The summed E-state index contributed by atoms with van der Waals surface area (Å²) in [6.45, 7) is 8.19. The molecule has 0 aliphatic carbocycles. The predicted octanol–water partition coefficient (Wildman–Crippen LogP) is 3.34. The van der Waals surface area contributed by atoms with Gasteiger partial charge in [0.15, 0.2) is 0 Å². The Morgan fingerprint density at radius 3 is 2.81 bits per heavy atom. The second-order valence-electron chi connectivity index (χ2n) is 6.36. The molecule has 1 fully saturated rings. The third-order valence-corrected chi connectivity index (χ3v) is 4.69. The van der Waals surface area contributed by atoms with E-state index in [4.69, 9.17) is 0 Å². The van der Waals surface area contributed by atoms with E-state index in [1.807, 2.05) is 12.1 Å². The lowest BCUT2D eigenvalue weighted by atomic mass is 9.76. The zero-order valence-electron chi connectivity index (χ0n) is 13.5. The van der Waals surface area contributed by atoms with Crippen molar-refractivity contribution >= 4 is 5.91 Å². The fourth-order valence-corrected chi connectivity index (χ4v) is 3.47. The van der Waals surface area contributed by atoms with Crippen LogP contribution in [-0.2, 0) is 4.79 Å². The smallest absolute Gasteiger partial charge is 0.227 e. The quantitative estimate of drug-likeness (QED) is 0.872. The Morgan fingerprint density at radius 1 is 1.43 bits per heavy atom. The molecule has 1 saturated heterocycles. The molecule has 1 amide bonds. The molecular formula is C18H28N2O. The molecule has 3 nitrogen and oxygen atoms in total. The van der Waals surface area contributed by atoms with Crippen LogP contribution in [0.1, 0.15) is 56.7 Å². The summed E-state index contributed by atoms with van der Waals surface area (Å²) in [7, 11) is 0. The van der Waals surface area contributed by atoms with Gasteiger partial charge in [0, 0.05) is 6.54 Å². The second kappa shape index (κ2) is 7.08. The van der Waals surface area contributed by atoms with Crippen molar-refractivity contribution in [2.75, 3.05) is 13.1 Å². The predicted molar refractivity (Wildman–Crippen MR) is 87.2 cm³/mol. The normalized spacial score (nSPS) is 23.6. The molecule has 1 heterocycles. The van der Waals surface area contributed by atoms with E-state index in [0.29, 0.717) is 0 Å². The second-order valence-corrected chi connectivity index (χ2v) is 6.36. The molecule has 0 bridgehead atoms. The van der Waals surface area contributed by atoms with Crippen LogP contribution in [0.3, 0.4) is 0 Å². The summed E-state index contributed by atoms with van der Waals surface area (Å²) in [5, 5.41) is 6.66. The molecule has 2 atom stereocenters. The molecule has 0 saturated carbocycles. The molecule has 116 valence electrons. The standard InChI is InChI=1S/C18H28N2O/c1-4-10-18(11-7-12-19-13-18)17(21)20-15(3)16-9-6-5-8-14(16)2/h5-6,8-9,15,19H,4,7,10-13H2,1-3H3,(H,20,21)/t15-,18?/m0/s1. The van der Waals surface area contributed by atoms with Crippen molar-refractivity contribution in [2.45, 2.75) is 52.5 Å². The Morgan fingerprint density at radius 2 is 2.19 bits per heavy atom. The maximum Gasteiger partial charge on any atom is 0.227 e. The molecule has 1 aromatic carbocycles. The topological polar surface area (TPSA) is 41.1 Å². The average molecular weight is 288 g/mol. The number of piperidine rings is 1. The first kappa shape index (κ1) is 16.0. The number of nitrogens with one attached hydrogen (secondary N) is 2. The van der Waals surface area contributed by atoms with Crippen LogP contribution in [0.4, 0.5) is 0 Å². The maximum absolute atomic E-state index is 12.9. The van der Waals surface area contributed by atoms with Crippen LogP contribution in [0.15, 0.2) is 24.3 Å². The molecule has 1 aliphatic rings. The lowest BCUT2D eigenvalue weighted by Crippen LogP contribution is -2.50. The SMILES string of the molecule is CCCC1(C(=O)N[C@@H](C)c2ccccc2C)CCCNC1. The third kappa shape index (κ3) is 3.65. The molecule has 0 spiro atoms. The summed E-state index contributed by atoms with van der Waals surface area (Å²) >= 11 is 0. The number of carbonyl (C=O) groups excluding carboxylic acids is 1. The van der Waals surface area contributed by atoms with Gasteiger partial charge in [-0.1, -0.05) is 37.6 Å². The molecule has 1 unspecified atom stereocenters. The summed E-state index contributed by atoms with van der Waals surface area (Å²) < 4.78 is 0. The Hall–Kier alpha value is -1.35. The minimum atomic E-state index is -0.218. The zero-order chi connectivity index (χ0) is 15.3. The van der Waals surface area contributed by atoms with Gasteiger partial charge in [0.1, 0.15) is 0 Å². The van der Waals surface area contributed by atoms with Gasteiger partial charge < -0.3 is 10.6 Å². The maximum atomic E-state index is 12.9. The van der Waals surface area contributed by atoms with E-state index in [0.717, 1.165) is 38.8 Å². The number of carbonyl (C=O) groups is 1. The molecular weight excluding hydrogens is 260 g/mol. The molecule has 1 aromatic rings. The highest BCUT2D eigenvalue weighted by Crippen LogP contribution is 2.33. The lowest BCUT2D eigenvalue weighted by Gasteiger charge is -2.37. The van der Waals surface area contributed by atoms with Crippen LogP contribution < -0.4 is 10.6 Å². The van der Waals surface area contributed by atoms with Gasteiger partial charge in [-0.25, -0.2) is 0 Å². The van der Waals surface area contributed by atoms with Gasteiger partial charge in [-0.15, -0.1) is 0 Å². The van der Waals surface area contributed by atoms with Crippen LogP contribution in [0.5, 0.6) is 0 Å². The van der Waals surface area contributed by atoms with Gasteiger partial charge >= 0.3 is 0 Å². The fourth-order valence-electron chi connectivity index (χ4n) is 3.47. The van der Waals surface area contributed by atoms with Crippen molar-refractivity contribution < 1.29 is 4.79 Å². The van der Waals surface area contributed by atoms with Crippen LogP contribution in [0, 0.1) is 12.3 Å². The van der Waals surface area contributed by atoms with Crippen molar-refractivity contribution in [3.05, 3.63) is 35.4 Å². The molecule has 21 heavy (non-hydrogen) atoms. The minimum Gasteiger partial charge on any atom is -0.349 e. The van der Waals surface area contributed by atoms with E-state index in [1.54, 1.807) is 0 Å². The van der Waals surface area contributed by atoms with E-state index in [2.05, 4.69) is 43.5 Å². The largest absolute Gasteiger partial charge is 0.349 e. The molecule has 0 radical (unpaired) electrons. The Bertz CT molecular complexity index is 472. The number of rotatable bonds is 5. The Labute approximate surface area is 128 Å². The number of hydrogen-bond acceptors (Lipinski definition) is 2. The highest BCUT2D eigenvalue weighted by molar-refractivity contribution is 5.83. The van der Waals surface area contributed by atoms with Gasteiger partial charge in [-0.05, 0) is 50.8 Å². The van der Waals surface area contributed by atoms with Gasteiger partial charge in [-0.3, -0.25) is 4.79 Å². The molecule has 2 rings (SSSR count). The van der Waals surface area contributed by atoms with Crippen molar-refractivity contribution in [1.29, 1.82) is 0 Å². The first-order valence-corrected chi connectivity index (χ1v) is 8.16. The van der Waals surface area contributed by atoms with Crippen molar-refractivity contribution in [3.8, 4) is 0 Å². The van der Waals surface area contributed by atoms with E-state index < -0.39 is 0 Å². The summed E-state index contributed by atoms with van der Waals surface area (Å²) in [6, 6.07) is 8.34. The van der Waals surface area contributed by atoms with Crippen LogP contribution in [0.2, 0.25) is 0 Å². The Balaban J connectivity index is 2.10. The lowest BCUT2D eigenvalue weighted by molar-refractivity contribution is -0.133. The van der Waals surface area contributed by atoms with E-state index in [-0.39, 0.29) is 17.4 Å². The van der Waals surface area contributed by atoms with Crippen molar-refractivity contribution in [3.63, 3.8) is 0 Å². The summed E-state index contributed by atoms with van der Waals surface area (Å²) in [5.74, 6) is 0.215. The van der Waals surface area contributed by atoms with Crippen LogP contribution in [0.25, 0.3) is 0 Å². The third-order valence-electron chi connectivity index (χ3n) is 4.69. The minimum absolute atomic E-state index is 0.0642. The van der Waals surface area contributed by atoms with E-state index >= 15 is 0 Å². The van der Waals surface area contributed by atoms with Gasteiger partial charge in [0.25, 0.3) is 0 Å². The van der Waals surface area contributed by atoms with Gasteiger partial charge in [0.05, 0.1) is 11.5 Å². The average Bonchev–Trinajstić information content (AvgIpc) is 2.48. The van der Waals surface area contributed by atoms with E-state index in [1.165, 1.54) is 11.1 Å². The highest BCUT2D eigenvalue weighted by atomic mass is 16.2. The first-order valence-electron chi connectivity index (χ1n) is 8.16. The number of aryl methyl sites for hydroxylation is 1. The first-order chi connectivity index (χ1) is 10.1. The van der Waals surface area contributed by atoms with Gasteiger partial charge in [-0.2, -0.15) is 0 Å². The molecule has 0 aromatic heterocycles. The Kier molecular flexibility index (Phi) is 5.40. The highest BCUT2D eigenvalue weighted by Gasteiger charge is 2.39. The molecule has 2 N–H and O–H groups in total. The summed E-state index contributed by atoms with van der Waals surface area (Å²) in [5.41, 5.74) is 2.22. The van der Waals surface area contributed by atoms with Gasteiger partial charge in [0.2, 0.25) is 5.91 Å². The number of hydrogen-bond donors (Lipinski definition) is 2. The molecule has 3 heteroatoms. The van der Waals surface area contributed by atoms with Crippen LogP contribution >= 0.6 is 0 Å². The van der Waals surface area contributed by atoms with Crippen molar-refractivity contribution in [1.82, 2.24) is 10.6 Å². The summed E-state index contributed by atoms with van der Waals surface area (Å²) in [6.07, 6.45) is 4.10. The molecule has 1 aliphatic heterocycles. The summed E-state index contributed by atoms with van der Waals surface area (Å²) in [4.78, 5) is 12.9.